The molecule has 1 atom stereocenters. The Balaban J connectivity index is 1.10. The average Bonchev–Trinajstić information content (AvgIpc) is 3.83. The van der Waals surface area contributed by atoms with Crippen molar-refractivity contribution in [3.05, 3.63) is 277 Å². The fraction of sp³-hybridized carbons (Fsp3) is 0.0164. The highest BCUT2D eigenvalue weighted by atomic mass is 15.2. The zero-order valence-electron chi connectivity index (χ0n) is 34.6. The van der Waals surface area contributed by atoms with Crippen LogP contribution in [0, 0.1) is 0 Å². The standard InChI is InChI=1S/C61H42N2/c1-5-20-43(21-6-1)44-36-38-48(39-37-44)63(58-34-18-15-28-50(58)45-22-7-2-8-23-45)59-35-19-33-57-60(59)52-30-14-17-32-55(52)61(57)54-31-16-13-29-51(54)53-42-49(40-41-56(53)61)62(46-24-9-3-10-25-46)47-26-11-4-12-27-47/h1-42H. The predicted molar refractivity (Wildman–Crippen MR) is 263 cm³/mol. The van der Waals surface area contributed by atoms with Crippen LogP contribution in [-0.4, -0.2) is 0 Å². The number of fused-ring (bicyclic) bond motifs is 10. The molecule has 2 aliphatic carbocycles. The van der Waals surface area contributed by atoms with E-state index in [9.17, 15) is 0 Å². The van der Waals surface area contributed by atoms with Crippen LogP contribution in [-0.2, 0) is 5.41 Å². The van der Waals surface area contributed by atoms with E-state index in [4.69, 9.17) is 0 Å². The molecule has 0 saturated carbocycles. The first kappa shape index (κ1) is 36.6. The average molecular weight is 803 g/mol. The van der Waals surface area contributed by atoms with E-state index < -0.39 is 5.41 Å². The molecule has 10 aromatic carbocycles. The molecule has 0 radical (unpaired) electrons. The van der Waals surface area contributed by atoms with Crippen molar-refractivity contribution in [2.24, 2.45) is 0 Å². The molecule has 0 saturated heterocycles. The number of anilines is 6. The zero-order valence-corrected chi connectivity index (χ0v) is 34.6. The number of hydrogen-bond acceptors (Lipinski definition) is 2. The number of para-hydroxylation sites is 3. The minimum absolute atomic E-state index is 0.529. The molecule has 1 unspecified atom stereocenters. The van der Waals surface area contributed by atoms with Gasteiger partial charge in [0.2, 0.25) is 0 Å². The monoisotopic (exact) mass is 802 g/mol. The van der Waals surface area contributed by atoms with E-state index in [1.54, 1.807) is 0 Å². The van der Waals surface area contributed by atoms with Crippen molar-refractivity contribution in [3.63, 3.8) is 0 Å². The Morgan fingerprint density at radius 3 is 1.35 bits per heavy atom. The SMILES string of the molecule is c1ccc(-c2ccc(N(c3ccccc3-c3ccccc3)c3cccc4c3-c3ccccc3C43c4ccccc4-c4cc(N(c5ccccc5)c5ccccc5)ccc43)cc2)cc1. The van der Waals surface area contributed by atoms with Gasteiger partial charge in [-0.25, -0.2) is 0 Å². The van der Waals surface area contributed by atoms with Crippen LogP contribution >= 0.6 is 0 Å². The normalized spacial score (nSPS) is 14.1. The lowest BCUT2D eigenvalue weighted by molar-refractivity contribution is 0.793. The van der Waals surface area contributed by atoms with Gasteiger partial charge in [0.1, 0.15) is 0 Å². The molecule has 0 fully saturated rings. The Morgan fingerprint density at radius 1 is 0.238 bits per heavy atom. The van der Waals surface area contributed by atoms with Crippen LogP contribution in [0.2, 0.25) is 0 Å². The molecule has 0 aliphatic heterocycles. The van der Waals surface area contributed by atoms with Gasteiger partial charge in [-0.15, -0.1) is 0 Å². The maximum absolute atomic E-state index is 2.49. The van der Waals surface area contributed by atoms with Gasteiger partial charge >= 0.3 is 0 Å². The van der Waals surface area contributed by atoms with E-state index in [0.29, 0.717) is 0 Å². The van der Waals surface area contributed by atoms with Crippen LogP contribution in [0.4, 0.5) is 34.1 Å². The second-order valence-electron chi connectivity index (χ2n) is 16.4. The first-order valence-corrected chi connectivity index (χ1v) is 21.8. The van der Waals surface area contributed by atoms with E-state index in [0.717, 1.165) is 34.1 Å². The van der Waals surface area contributed by atoms with E-state index in [-0.39, 0.29) is 0 Å². The fourth-order valence-electron chi connectivity index (χ4n) is 10.5. The maximum atomic E-state index is 2.49. The molecule has 10 aromatic rings. The Morgan fingerprint density at radius 2 is 0.683 bits per heavy atom. The summed E-state index contributed by atoms with van der Waals surface area (Å²) < 4.78 is 0. The molecule has 0 aromatic heterocycles. The third-order valence-electron chi connectivity index (χ3n) is 13.1. The lowest BCUT2D eigenvalue weighted by Gasteiger charge is -2.33. The summed E-state index contributed by atoms with van der Waals surface area (Å²) in [6.45, 7) is 0. The summed E-state index contributed by atoms with van der Waals surface area (Å²) in [4.78, 5) is 4.86. The summed E-state index contributed by atoms with van der Waals surface area (Å²) in [5, 5.41) is 0. The number of nitrogens with zero attached hydrogens (tertiary/aromatic N) is 2. The van der Waals surface area contributed by atoms with E-state index >= 15 is 0 Å². The first-order valence-electron chi connectivity index (χ1n) is 21.8. The van der Waals surface area contributed by atoms with Crippen molar-refractivity contribution in [2.45, 2.75) is 5.41 Å². The van der Waals surface area contributed by atoms with Gasteiger partial charge in [0.15, 0.2) is 0 Å². The second-order valence-corrected chi connectivity index (χ2v) is 16.4. The molecule has 2 heteroatoms. The topological polar surface area (TPSA) is 6.48 Å². The van der Waals surface area contributed by atoms with Gasteiger partial charge in [0, 0.05) is 33.9 Å². The van der Waals surface area contributed by atoms with Gasteiger partial charge in [-0.05, 0) is 116 Å². The van der Waals surface area contributed by atoms with Crippen LogP contribution in [0.15, 0.2) is 255 Å². The van der Waals surface area contributed by atoms with Crippen molar-refractivity contribution in [3.8, 4) is 44.5 Å². The van der Waals surface area contributed by atoms with Crippen molar-refractivity contribution in [2.75, 3.05) is 9.80 Å². The molecular formula is C61H42N2. The Labute approximate surface area is 369 Å². The highest BCUT2D eigenvalue weighted by Gasteiger charge is 2.52. The van der Waals surface area contributed by atoms with Crippen molar-refractivity contribution in [1.29, 1.82) is 0 Å². The molecule has 2 nitrogen and oxygen atoms in total. The third-order valence-corrected chi connectivity index (χ3v) is 13.1. The Hall–Kier alpha value is -8.20. The van der Waals surface area contributed by atoms with Gasteiger partial charge in [0.05, 0.1) is 16.8 Å². The van der Waals surface area contributed by atoms with Crippen molar-refractivity contribution >= 4 is 34.1 Å². The van der Waals surface area contributed by atoms with E-state index in [2.05, 4.69) is 265 Å². The van der Waals surface area contributed by atoms with Crippen LogP contribution in [0.1, 0.15) is 22.3 Å². The van der Waals surface area contributed by atoms with Gasteiger partial charge in [0.25, 0.3) is 0 Å². The number of hydrogen-bond donors (Lipinski definition) is 0. The van der Waals surface area contributed by atoms with Gasteiger partial charge in [-0.1, -0.05) is 194 Å². The minimum atomic E-state index is -0.529. The Bertz CT molecular complexity index is 3230. The van der Waals surface area contributed by atoms with Crippen molar-refractivity contribution < 1.29 is 0 Å². The summed E-state index contributed by atoms with van der Waals surface area (Å²) in [7, 11) is 0. The lowest BCUT2D eigenvalue weighted by Crippen LogP contribution is -2.26. The molecular weight excluding hydrogens is 761 g/mol. The summed E-state index contributed by atoms with van der Waals surface area (Å²) in [6.07, 6.45) is 0. The first-order chi connectivity index (χ1) is 31.3. The van der Waals surface area contributed by atoms with Crippen LogP contribution < -0.4 is 9.80 Å². The van der Waals surface area contributed by atoms with E-state index in [1.807, 2.05) is 0 Å². The van der Waals surface area contributed by atoms with Gasteiger partial charge in [-0.2, -0.15) is 0 Å². The summed E-state index contributed by atoms with van der Waals surface area (Å²) >= 11 is 0. The maximum Gasteiger partial charge on any atom is 0.0726 e. The molecule has 1 spiro atoms. The van der Waals surface area contributed by atoms with Crippen LogP contribution in [0.3, 0.4) is 0 Å². The van der Waals surface area contributed by atoms with Crippen molar-refractivity contribution in [1.82, 2.24) is 0 Å². The highest BCUT2D eigenvalue weighted by Crippen LogP contribution is 2.65. The quantitative estimate of drug-likeness (QED) is 0.151. The predicted octanol–water partition coefficient (Wildman–Crippen LogP) is 16.3. The second kappa shape index (κ2) is 15.1. The number of rotatable bonds is 8. The molecule has 63 heavy (non-hydrogen) atoms. The molecule has 0 amide bonds. The smallest absolute Gasteiger partial charge is 0.0726 e. The minimum Gasteiger partial charge on any atom is -0.310 e. The van der Waals surface area contributed by atoms with Crippen LogP contribution in [0.25, 0.3) is 44.5 Å². The van der Waals surface area contributed by atoms with E-state index in [1.165, 1.54) is 66.8 Å². The zero-order chi connectivity index (χ0) is 41.7. The molecule has 12 rings (SSSR count). The summed E-state index contributed by atoms with van der Waals surface area (Å²) in [5.74, 6) is 0. The number of benzene rings is 10. The molecule has 0 bridgehead atoms. The molecule has 0 N–H and O–H groups in total. The third kappa shape index (κ3) is 5.80. The van der Waals surface area contributed by atoms with Gasteiger partial charge < -0.3 is 9.80 Å². The lowest BCUT2D eigenvalue weighted by atomic mass is 9.70. The molecule has 0 heterocycles. The summed E-state index contributed by atoms with van der Waals surface area (Å²) in [5.41, 5.74) is 21.2. The molecule has 2 aliphatic rings. The Kier molecular flexibility index (Phi) is 8.76. The van der Waals surface area contributed by atoms with Gasteiger partial charge in [-0.3, -0.25) is 0 Å². The highest BCUT2D eigenvalue weighted by molar-refractivity contribution is 6.03. The fourth-order valence-corrected chi connectivity index (χ4v) is 10.5. The summed E-state index contributed by atoms with van der Waals surface area (Å²) in [6, 6.07) is 93.2. The van der Waals surface area contributed by atoms with Crippen LogP contribution in [0.5, 0.6) is 0 Å². The molecule has 296 valence electrons. The largest absolute Gasteiger partial charge is 0.310 e.